The highest BCUT2D eigenvalue weighted by atomic mass is 127. The number of aromatic carboxylic acids is 2. The van der Waals surface area contributed by atoms with Crippen molar-refractivity contribution in [2.45, 2.75) is 13.8 Å². The van der Waals surface area contributed by atoms with Gasteiger partial charge in [0.1, 0.15) is 0 Å². The smallest absolute Gasteiger partial charge is 0.342 e. The van der Waals surface area contributed by atoms with Gasteiger partial charge in [-0.25, -0.2) is 15.7 Å². The van der Waals surface area contributed by atoms with Gasteiger partial charge in [-0.1, -0.05) is 0 Å². The van der Waals surface area contributed by atoms with Crippen molar-refractivity contribution in [3.63, 3.8) is 0 Å². The third-order valence-corrected chi connectivity index (χ3v) is 4.57. The molecule has 0 aliphatic rings. The van der Waals surface area contributed by atoms with Crippen molar-refractivity contribution in [3.8, 4) is 0 Å². The van der Waals surface area contributed by atoms with Crippen LogP contribution in [-0.4, -0.2) is 22.2 Å². The summed E-state index contributed by atoms with van der Waals surface area (Å²) in [5.41, 5.74) is -0.293. The first-order valence-electron chi connectivity index (χ1n) is 4.43. The predicted octanol–water partition coefficient (Wildman–Crippen LogP) is 2.07. The number of hydrogen-bond acceptors (Lipinski definition) is 4. The molecule has 0 saturated carbocycles. The molecule has 17 heavy (non-hydrogen) atoms. The quantitative estimate of drug-likeness (QED) is 0.806. The Morgan fingerprint density at radius 1 is 1.12 bits per heavy atom. The summed E-state index contributed by atoms with van der Waals surface area (Å²) in [4.78, 5) is 21.9. The van der Waals surface area contributed by atoms with Crippen molar-refractivity contribution >= 4 is 31.7 Å². The van der Waals surface area contributed by atoms with E-state index in [2.05, 4.69) is 0 Å². The van der Waals surface area contributed by atoms with Gasteiger partial charge in [0.15, 0.2) is 0 Å². The van der Waals surface area contributed by atoms with Crippen LogP contribution in [0.2, 0.25) is 0 Å². The fraction of sp³-hybridized carbons (Fsp3) is 0.200. The number of hydrogen-bond donors (Lipinski definition) is 2. The largest absolute Gasteiger partial charge is 0.478 e. The topological polar surface area (TPSA) is 109 Å². The molecule has 0 aliphatic carbocycles. The Morgan fingerprint density at radius 3 is 2.00 bits per heavy atom. The van der Waals surface area contributed by atoms with Crippen LogP contribution in [-0.2, 0) is 6.14 Å². The Hall–Kier alpha value is -1.51. The Bertz CT molecular complexity index is 577. The molecule has 0 aliphatic heterocycles. The summed E-state index contributed by atoms with van der Waals surface area (Å²) in [5, 5.41) is 17.8. The fourth-order valence-electron chi connectivity index (χ4n) is 1.64. The first kappa shape index (κ1) is 13.6. The van der Waals surface area contributed by atoms with Crippen molar-refractivity contribution in [1.29, 1.82) is 0 Å². The molecule has 0 fully saturated rings. The van der Waals surface area contributed by atoms with E-state index in [-0.39, 0.29) is 25.8 Å². The summed E-state index contributed by atoms with van der Waals surface area (Å²) in [6, 6.07) is 1.08. The summed E-state index contributed by atoms with van der Waals surface area (Å²) in [7, 11) is 0. The third-order valence-electron chi connectivity index (χ3n) is 2.29. The van der Waals surface area contributed by atoms with Crippen molar-refractivity contribution in [1.82, 2.24) is 0 Å². The van der Waals surface area contributed by atoms with Gasteiger partial charge in [-0.05, 0) is 31.0 Å². The maximum Gasteiger partial charge on any atom is 0.342 e. The number of benzene rings is 1. The van der Waals surface area contributed by atoms with Crippen LogP contribution >= 0.6 is 19.8 Å². The van der Waals surface area contributed by atoms with Gasteiger partial charge in [-0.2, -0.15) is 0 Å². The highest BCUT2D eigenvalue weighted by Crippen LogP contribution is 2.30. The molecule has 0 atom stereocenters. The van der Waals surface area contributed by atoms with Crippen molar-refractivity contribution < 1.29 is 25.9 Å². The number of carbonyl (C=O) groups is 2. The molecule has 2 N–H and O–H groups in total. The molecular formula is C10H9IO6. The fourth-order valence-corrected chi connectivity index (χ4v) is 3.43. The van der Waals surface area contributed by atoms with Crippen molar-refractivity contribution in [3.05, 3.63) is 31.9 Å². The van der Waals surface area contributed by atoms with E-state index >= 15 is 0 Å². The lowest BCUT2D eigenvalue weighted by Crippen LogP contribution is -2.10. The van der Waals surface area contributed by atoms with Crippen LogP contribution in [0.25, 0.3) is 0 Å². The highest BCUT2D eigenvalue weighted by molar-refractivity contribution is 14.2. The minimum Gasteiger partial charge on any atom is -0.478 e. The van der Waals surface area contributed by atoms with Crippen LogP contribution in [0.1, 0.15) is 31.8 Å². The molecule has 0 spiro atoms. The predicted molar refractivity (Wildman–Crippen MR) is 63.9 cm³/mol. The SMILES string of the molecule is Cc1cc(C(=O)O)c(I(=O)=O)c(C)c1C(=O)O. The minimum atomic E-state index is -4.07. The molecular weight excluding hydrogens is 343 g/mol. The number of rotatable bonds is 3. The van der Waals surface area contributed by atoms with Crippen molar-refractivity contribution in [2.24, 2.45) is 0 Å². The van der Waals surface area contributed by atoms with Gasteiger partial charge in [-0.15, -0.1) is 0 Å². The van der Waals surface area contributed by atoms with Crippen LogP contribution in [0.4, 0.5) is 0 Å². The highest BCUT2D eigenvalue weighted by Gasteiger charge is 2.23. The second-order valence-electron chi connectivity index (χ2n) is 3.38. The Balaban J connectivity index is 3.83. The van der Waals surface area contributed by atoms with Crippen molar-refractivity contribution in [2.75, 3.05) is 0 Å². The number of halogens is 1. The summed E-state index contributed by atoms with van der Waals surface area (Å²) in [6.07, 6.45) is 0. The Kier molecular flexibility index (Phi) is 3.81. The summed E-state index contributed by atoms with van der Waals surface area (Å²) < 4.78 is 21.9. The van der Waals surface area contributed by atoms with Gasteiger partial charge in [0.25, 0.3) is 0 Å². The number of carboxylic acids is 2. The van der Waals surface area contributed by atoms with Gasteiger partial charge in [0.2, 0.25) is 0 Å². The minimum absolute atomic E-state index is 0.00917. The number of aryl methyl sites for hydroxylation is 1. The van der Waals surface area contributed by atoms with Crippen LogP contribution in [0.3, 0.4) is 0 Å². The summed E-state index contributed by atoms with van der Waals surface area (Å²) in [5.74, 6) is -2.65. The van der Waals surface area contributed by atoms with E-state index in [1.54, 1.807) is 0 Å². The van der Waals surface area contributed by atoms with Gasteiger partial charge < -0.3 is 10.2 Å². The molecule has 6 nitrogen and oxygen atoms in total. The van der Waals surface area contributed by atoms with Crippen LogP contribution in [0, 0.1) is 17.4 Å². The molecule has 0 unspecified atom stereocenters. The van der Waals surface area contributed by atoms with E-state index < -0.39 is 31.7 Å². The Morgan fingerprint density at radius 2 is 1.65 bits per heavy atom. The molecule has 1 rings (SSSR count). The first-order chi connectivity index (χ1) is 7.77. The van der Waals surface area contributed by atoms with E-state index in [0.29, 0.717) is 0 Å². The standard InChI is InChI=1S/C10H9IO6/c1-4-3-6(9(12)13)8(11(16)17)5(2)7(4)10(14)15/h3H,1-2H3,(H,12,13)(H,14,15). The molecule has 0 amide bonds. The van der Waals surface area contributed by atoms with E-state index in [1.807, 2.05) is 0 Å². The second-order valence-corrected chi connectivity index (χ2v) is 5.70. The summed E-state index contributed by atoms with van der Waals surface area (Å²) in [6.45, 7) is 2.74. The molecule has 7 heteroatoms. The third kappa shape index (κ3) is 2.43. The maximum absolute atomic E-state index is 11.1. The van der Waals surface area contributed by atoms with Gasteiger partial charge >= 0.3 is 31.7 Å². The molecule has 92 valence electrons. The molecule has 0 radical (unpaired) electrons. The molecule has 1 aromatic carbocycles. The second kappa shape index (κ2) is 4.78. The first-order valence-corrected chi connectivity index (χ1v) is 7.27. The molecule has 0 aromatic heterocycles. The zero-order valence-electron chi connectivity index (χ0n) is 8.98. The molecule has 0 heterocycles. The monoisotopic (exact) mass is 352 g/mol. The number of carboxylic acid groups (broad SMARTS) is 2. The van der Waals surface area contributed by atoms with Crippen LogP contribution in [0.15, 0.2) is 6.07 Å². The lowest BCUT2D eigenvalue weighted by molar-refractivity contribution is 0.0678. The van der Waals surface area contributed by atoms with E-state index in [0.717, 1.165) is 6.07 Å². The van der Waals surface area contributed by atoms with E-state index in [4.69, 9.17) is 10.2 Å². The Labute approximate surface area is 103 Å². The lowest BCUT2D eigenvalue weighted by Gasteiger charge is -2.09. The van der Waals surface area contributed by atoms with Crippen LogP contribution < -0.4 is 0 Å². The zero-order valence-corrected chi connectivity index (χ0v) is 11.1. The molecule has 0 saturated heterocycles. The molecule has 0 bridgehead atoms. The van der Waals surface area contributed by atoms with E-state index in [9.17, 15) is 15.7 Å². The van der Waals surface area contributed by atoms with Crippen LogP contribution in [0.5, 0.6) is 0 Å². The average molecular weight is 352 g/mol. The zero-order chi connectivity index (χ0) is 13.3. The van der Waals surface area contributed by atoms with Gasteiger partial charge in [0.05, 0.1) is 14.7 Å². The molecule has 1 aromatic rings. The lowest BCUT2D eigenvalue weighted by atomic mass is 9.99. The van der Waals surface area contributed by atoms with Gasteiger partial charge in [0, 0.05) is 0 Å². The van der Waals surface area contributed by atoms with Gasteiger partial charge in [-0.3, -0.25) is 0 Å². The summed E-state index contributed by atoms with van der Waals surface area (Å²) >= 11 is -4.07. The normalized spacial score (nSPS) is 10.5. The average Bonchev–Trinajstić information content (AvgIpc) is 2.14. The maximum atomic E-state index is 11.1. The van der Waals surface area contributed by atoms with E-state index in [1.165, 1.54) is 13.8 Å².